The summed E-state index contributed by atoms with van der Waals surface area (Å²) in [4.78, 5) is 14.1. The average Bonchev–Trinajstić information content (AvgIpc) is 3.12. The lowest BCUT2D eigenvalue weighted by molar-refractivity contribution is -0.122. The number of nitrogens with two attached hydrogens (primary N) is 1. The Balaban J connectivity index is 2.34. The first-order chi connectivity index (χ1) is 8.21. The molecule has 0 radical (unpaired) electrons. The molecule has 4 nitrogen and oxygen atoms in total. The maximum absolute atomic E-state index is 11.8. The van der Waals surface area contributed by atoms with Gasteiger partial charge in [-0.2, -0.15) is 0 Å². The Labute approximate surface area is 105 Å². The summed E-state index contributed by atoms with van der Waals surface area (Å²) in [6, 6.07) is 0.650. The van der Waals surface area contributed by atoms with Gasteiger partial charge in [-0.15, -0.1) is 0 Å². The molecule has 0 aromatic carbocycles. The molecular weight excluding hydrogens is 214 g/mol. The Morgan fingerprint density at radius 1 is 1.47 bits per heavy atom. The van der Waals surface area contributed by atoms with Gasteiger partial charge in [0.05, 0.1) is 0 Å². The molecule has 0 saturated heterocycles. The molecule has 17 heavy (non-hydrogen) atoms. The number of likely N-dealkylation sites (N-methyl/N-ethyl adjacent to an activating group) is 1. The van der Waals surface area contributed by atoms with Crippen molar-refractivity contribution in [2.45, 2.75) is 58.0 Å². The molecule has 0 aromatic heterocycles. The van der Waals surface area contributed by atoms with Crippen LogP contribution in [0.2, 0.25) is 0 Å². The van der Waals surface area contributed by atoms with Gasteiger partial charge in [0.2, 0.25) is 5.91 Å². The Morgan fingerprint density at radius 2 is 2.18 bits per heavy atom. The zero-order valence-electron chi connectivity index (χ0n) is 11.2. The van der Waals surface area contributed by atoms with Crippen molar-refractivity contribution in [2.24, 2.45) is 5.73 Å². The number of hydrogen-bond acceptors (Lipinski definition) is 3. The summed E-state index contributed by atoms with van der Waals surface area (Å²) in [5, 5.41) is 3.03. The Morgan fingerprint density at radius 3 is 2.65 bits per heavy atom. The number of amides is 1. The molecule has 0 heterocycles. The van der Waals surface area contributed by atoms with Crippen LogP contribution in [0, 0.1) is 0 Å². The summed E-state index contributed by atoms with van der Waals surface area (Å²) in [6.07, 6.45) is 5.19. The summed E-state index contributed by atoms with van der Waals surface area (Å²) >= 11 is 0. The van der Waals surface area contributed by atoms with Crippen molar-refractivity contribution in [1.82, 2.24) is 10.2 Å². The van der Waals surface area contributed by atoms with E-state index in [2.05, 4.69) is 24.1 Å². The molecule has 0 aromatic rings. The lowest BCUT2D eigenvalue weighted by atomic mass is 10.1. The van der Waals surface area contributed by atoms with E-state index in [9.17, 15) is 4.79 Å². The quantitative estimate of drug-likeness (QED) is 0.635. The van der Waals surface area contributed by atoms with E-state index in [4.69, 9.17) is 5.73 Å². The molecule has 0 spiro atoms. The van der Waals surface area contributed by atoms with E-state index < -0.39 is 0 Å². The van der Waals surface area contributed by atoms with Gasteiger partial charge in [-0.3, -0.25) is 9.69 Å². The number of nitrogens with zero attached hydrogens (tertiary/aromatic N) is 1. The predicted molar refractivity (Wildman–Crippen MR) is 70.8 cm³/mol. The minimum absolute atomic E-state index is 0.165. The number of carbonyl (C=O) groups excluding carboxylic acids is 1. The number of carbonyl (C=O) groups is 1. The van der Waals surface area contributed by atoms with Crippen molar-refractivity contribution in [3.63, 3.8) is 0 Å². The standard InChI is InChI=1S/C13H27N3O/c1-3-5-8-16(4-2)12(10-14)9-13(17)15-11-6-7-11/h11-12H,3-10,14H2,1-2H3,(H,15,17). The molecule has 1 rings (SSSR count). The van der Waals surface area contributed by atoms with E-state index in [1.807, 2.05) is 0 Å². The van der Waals surface area contributed by atoms with Crippen LogP contribution in [0.3, 0.4) is 0 Å². The topological polar surface area (TPSA) is 58.4 Å². The van der Waals surface area contributed by atoms with E-state index in [1.165, 1.54) is 12.8 Å². The zero-order valence-corrected chi connectivity index (χ0v) is 11.2. The number of nitrogens with one attached hydrogen (secondary N) is 1. The smallest absolute Gasteiger partial charge is 0.221 e. The highest BCUT2D eigenvalue weighted by Crippen LogP contribution is 2.19. The van der Waals surface area contributed by atoms with Crippen LogP contribution in [0.4, 0.5) is 0 Å². The Bertz CT molecular complexity index is 229. The minimum atomic E-state index is 0.165. The van der Waals surface area contributed by atoms with Crippen molar-refractivity contribution in [3.8, 4) is 0 Å². The van der Waals surface area contributed by atoms with Crippen molar-refractivity contribution in [1.29, 1.82) is 0 Å². The van der Waals surface area contributed by atoms with Crippen LogP contribution in [0.1, 0.15) is 46.0 Å². The van der Waals surface area contributed by atoms with Crippen molar-refractivity contribution >= 4 is 5.91 Å². The van der Waals surface area contributed by atoms with E-state index >= 15 is 0 Å². The van der Waals surface area contributed by atoms with E-state index in [1.54, 1.807) is 0 Å². The Hall–Kier alpha value is -0.610. The second-order valence-electron chi connectivity index (χ2n) is 4.92. The van der Waals surface area contributed by atoms with Gasteiger partial charge in [0.25, 0.3) is 0 Å². The molecule has 0 aliphatic heterocycles. The zero-order chi connectivity index (χ0) is 12.7. The lowest BCUT2D eigenvalue weighted by Gasteiger charge is -2.29. The number of unbranched alkanes of at least 4 members (excludes halogenated alkanes) is 1. The molecule has 1 saturated carbocycles. The third-order valence-corrected chi connectivity index (χ3v) is 3.36. The first-order valence-corrected chi connectivity index (χ1v) is 6.94. The Kier molecular flexibility index (Phi) is 6.52. The summed E-state index contributed by atoms with van der Waals surface area (Å²) in [5.74, 6) is 0.165. The lowest BCUT2D eigenvalue weighted by Crippen LogP contribution is -2.44. The van der Waals surface area contributed by atoms with Crippen LogP contribution >= 0.6 is 0 Å². The summed E-state index contributed by atoms with van der Waals surface area (Å²) in [6.45, 7) is 6.90. The van der Waals surface area contributed by atoms with E-state index in [0.29, 0.717) is 19.0 Å². The van der Waals surface area contributed by atoms with Crippen LogP contribution in [0.15, 0.2) is 0 Å². The molecule has 3 N–H and O–H groups in total. The van der Waals surface area contributed by atoms with E-state index in [0.717, 1.165) is 25.9 Å². The molecule has 1 unspecified atom stereocenters. The van der Waals surface area contributed by atoms with Gasteiger partial charge in [-0.1, -0.05) is 20.3 Å². The molecule has 1 fully saturated rings. The largest absolute Gasteiger partial charge is 0.353 e. The fourth-order valence-corrected chi connectivity index (χ4v) is 2.05. The third kappa shape index (κ3) is 5.50. The van der Waals surface area contributed by atoms with Crippen molar-refractivity contribution in [3.05, 3.63) is 0 Å². The maximum Gasteiger partial charge on any atom is 0.221 e. The molecule has 0 bridgehead atoms. The van der Waals surface area contributed by atoms with Gasteiger partial charge < -0.3 is 11.1 Å². The summed E-state index contributed by atoms with van der Waals surface area (Å²) in [7, 11) is 0. The fourth-order valence-electron chi connectivity index (χ4n) is 2.05. The van der Waals surface area contributed by atoms with E-state index in [-0.39, 0.29) is 11.9 Å². The number of rotatable bonds is 9. The van der Waals surface area contributed by atoms with Crippen molar-refractivity contribution in [2.75, 3.05) is 19.6 Å². The predicted octanol–water partition coefficient (Wildman–Crippen LogP) is 1.10. The first-order valence-electron chi connectivity index (χ1n) is 6.94. The van der Waals surface area contributed by atoms with Gasteiger partial charge in [0.1, 0.15) is 0 Å². The van der Waals surface area contributed by atoms with Crippen LogP contribution in [-0.4, -0.2) is 42.5 Å². The SMILES string of the molecule is CCCCN(CC)C(CN)CC(=O)NC1CC1. The maximum atomic E-state index is 11.8. The van der Waals surface area contributed by atoms with Crippen LogP contribution in [0.25, 0.3) is 0 Å². The van der Waals surface area contributed by atoms with Crippen LogP contribution in [0.5, 0.6) is 0 Å². The average molecular weight is 241 g/mol. The van der Waals surface area contributed by atoms with Gasteiger partial charge in [0.15, 0.2) is 0 Å². The van der Waals surface area contributed by atoms with Gasteiger partial charge >= 0.3 is 0 Å². The molecule has 1 aliphatic carbocycles. The molecular formula is C13H27N3O. The minimum Gasteiger partial charge on any atom is -0.353 e. The molecule has 1 atom stereocenters. The van der Waals surface area contributed by atoms with Crippen LogP contribution < -0.4 is 11.1 Å². The molecule has 1 aliphatic rings. The van der Waals surface area contributed by atoms with Crippen LogP contribution in [-0.2, 0) is 4.79 Å². The fraction of sp³-hybridized carbons (Fsp3) is 0.923. The van der Waals surface area contributed by atoms with Gasteiger partial charge in [-0.05, 0) is 32.4 Å². The normalized spacial score (nSPS) is 17.2. The molecule has 100 valence electrons. The van der Waals surface area contributed by atoms with Crippen molar-refractivity contribution < 1.29 is 4.79 Å². The third-order valence-electron chi connectivity index (χ3n) is 3.36. The monoisotopic (exact) mass is 241 g/mol. The highest BCUT2D eigenvalue weighted by atomic mass is 16.1. The number of hydrogen-bond donors (Lipinski definition) is 2. The second-order valence-corrected chi connectivity index (χ2v) is 4.92. The summed E-state index contributed by atoms with van der Waals surface area (Å²) in [5.41, 5.74) is 5.79. The first kappa shape index (κ1) is 14.5. The summed E-state index contributed by atoms with van der Waals surface area (Å²) < 4.78 is 0. The van der Waals surface area contributed by atoms with Gasteiger partial charge in [0, 0.05) is 25.0 Å². The second kappa shape index (κ2) is 7.67. The van der Waals surface area contributed by atoms with Gasteiger partial charge in [-0.25, -0.2) is 0 Å². The highest BCUT2D eigenvalue weighted by Gasteiger charge is 2.25. The highest BCUT2D eigenvalue weighted by molar-refractivity contribution is 5.77. The molecule has 4 heteroatoms. The molecule has 1 amide bonds.